The highest BCUT2D eigenvalue weighted by atomic mass is 32.2. The van der Waals surface area contributed by atoms with Crippen LogP contribution in [0.5, 0.6) is 5.75 Å². The number of hydrogen-bond donors (Lipinski definition) is 2. The van der Waals surface area contributed by atoms with Crippen molar-refractivity contribution in [2.75, 3.05) is 23.1 Å². The average Bonchev–Trinajstić information content (AvgIpc) is 3.84. The quantitative estimate of drug-likeness (QED) is 0.164. The number of nitrogens with zero attached hydrogens (tertiary/aromatic N) is 8. The molecule has 7 rings (SSSR count). The molecule has 0 saturated carbocycles. The van der Waals surface area contributed by atoms with E-state index in [0.717, 1.165) is 53.3 Å². The van der Waals surface area contributed by atoms with Gasteiger partial charge in [-0.2, -0.15) is 18.6 Å². The molecule has 1 aromatic carbocycles. The maximum atomic E-state index is 13.6. The van der Waals surface area contributed by atoms with Gasteiger partial charge in [0.15, 0.2) is 5.65 Å². The Morgan fingerprint density at radius 3 is 2.47 bits per heavy atom. The Kier molecular flexibility index (Phi) is 9.93. The molecule has 2 amide bonds. The second-order valence-corrected chi connectivity index (χ2v) is 16.8. The fraction of sp³-hybridized carbons (Fsp3) is 0.486. The predicted molar refractivity (Wildman–Crippen MR) is 201 cm³/mol. The Balaban J connectivity index is 1.06. The fourth-order valence-electron chi connectivity index (χ4n) is 7.32. The SMILES string of the molecule is CC1CCCC(C)N1c1nnc2ccc(OC3CCC(NC(=O)Nc4cc(C(C)(C)C)nn4-c4cnn(CCOS(C)(=O)=O)c4)c4ccccc43)cn12. The topological polar surface area (TPSA) is 163 Å². The number of nitrogens with one attached hydrogen (secondary N) is 2. The highest BCUT2D eigenvalue weighted by Crippen LogP contribution is 2.39. The third-order valence-electron chi connectivity index (χ3n) is 10.0. The number of urea groups is 1. The number of fused-ring (bicyclic) bond motifs is 2. The maximum Gasteiger partial charge on any atom is 0.320 e. The molecule has 15 nitrogen and oxygen atoms in total. The van der Waals surface area contributed by atoms with Crippen molar-refractivity contribution in [3.05, 3.63) is 77.9 Å². The lowest BCUT2D eigenvalue weighted by Crippen LogP contribution is -2.44. The number of piperidine rings is 1. The molecule has 5 aromatic rings. The molecular formula is C37H48N10O5S. The lowest BCUT2D eigenvalue weighted by Gasteiger charge is -2.39. The highest BCUT2D eigenvalue weighted by Gasteiger charge is 2.32. The zero-order chi connectivity index (χ0) is 37.5. The number of amides is 2. The summed E-state index contributed by atoms with van der Waals surface area (Å²) in [5.74, 6) is 2.05. The number of carbonyl (C=O) groups excluding carboxylic acids is 1. The van der Waals surface area contributed by atoms with E-state index in [1.54, 1.807) is 21.8 Å². The van der Waals surface area contributed by atoms with Gasteiger partial charge in [0, 0.05) is 23.6 Å². The van der Waals surface area contributed by atoms with Gasteiger partial charge in [-0.1, -0.05) is 45.0 Å². The van der Waals surface area contributed by atoms with Crippen LogP contribution in [-0.4, -0.2) is 73.6 Å². The van der Waals surface area contributed by atoms with Crippen LogP contribution in [0.4, 0.5) is 16.6 Å². The number of ether oxygens (including phenoxy) is 1. The Bertz CT molecular complexity index is 2190. The van der Waals surface area contributed by atoms with Gasteiger partial charge in [0.1, 0.15) is 23.4 Å². The van der Waals surface area contributed by atoms with Gasteiger partial charge in [-0.25, -0.2) is 9.48 Å². The molecule has 1 fully saturated rings. The smallest absolute Gasteiger partial charge is 0.320 e. The predicted octanol–water partition coefficient (Wildman–Crippen LogP) is 5.93. The largest absolute Gasteiger partial charge is 0.484 e. The Morgan fingerprint density at radius 2 is 1.74 bits per heavy atom. The molecule has 5 heterocycles. The summed E-state index contributed by atoms with van der Waals surface area (Å²) in [4.78, 5) is 16.0. The van der Waals surface area contributed by atoms with Crippen molar-refractivity contribution in [3.8, 4) is 11.4 Å². The molecule has 0 bridgehead atoms. The Morgan fingerprint density at radius 1 is 0.981 bits per heavy atom. The summed E-state index contributed by atoms with van der Waals surface area (Å²) >= 11 is 0. The second kappa shape index (κ2) is 14.5. The molecule has 4 atom stereocenters. The highest BCUT2D eigenvalue weighted by molar-refractivity contribution is 7.85. The number of hydrogen-bond acceptors (Lipinski definition) is 10. The van der Waals surface area contributed by atoms with Crippen LogP contribution in [0.3, 0.4) is 0 Å². The molecular weight excluding hydrogens is 697 g/mol. The minimum absolute atomic E-state index is 0.0513. The van der Waals surface area contributed by atoms with E-state index in [-0.39, 0.29) is 36.7 Å². The first kappa shape index (κ1) is 36.4. The van der Waals surface area contributed by atoms with Gasteiger partial charge in [0.05, 0.1) is 49.7 Å². The molecule has 1 aliphatic heterocycles. The van der Waals surface area contributed by atoms with E-state index >= 15 is 0 Å². The molecule has 53 heavy (non-hydrogen) atoms. The zero-order valence-electron chi connectivity index (χ0n) is 31.1. The molecule has 0 radical (unpaired) electrons. The van der Waals surface area contributed by atoms with E-state index in [0.29, 0.717) is 36.4 Å². The standard InChI is InChI=1S/C37H48N10O5S/c1-24-10-9-11-25(2)46(24)36-42-41-33-17-14-27(23-45(33)36)52-31-16-15-30(28-12-7-8-13-29(28)31)39-35(48)40-34-20-32(37(3,4)5)43-47(34)26-21-38-44(22-26)18-19-51-53(6,49)50/h7-8,12-14,17,20-25,30-31H,9-11,15-16,18-19H2,1-6H3,(H2,39,40,48). The molecule has 1 saturated heterocycles. The summed E-state index contributed by atoms with van der Waals surface area (Å²) in [6, 6.07) is 14.0. The van der Waals surface area contributed by atoms with Crippen molar-refractivity contribution in [1.29, 1.82) is 0 Å². The van der Waals surface area contributed by atoms with Gasteiger partial charge in [0.25, 0.3) is 10.1 Å². The maximum absolute atomic E-state index is 13.6. The van der Waals surface area contributed by atoms with Gasteiger partial charge < -0.3 is 15.0 Å². The Hall–Kier alpha value is -4.96. The number of benzene rings is 1. The van der Waals surface area contributed by atoms with E-state index < -0.39 is 10.1 Å². The second-order valence-electron chi connectivity index (χ2n) is 15.2. The van der Waals surface area contributed by atoms with Crippen LogP contribution in [0.2, 0.25) is 0 Å². The molecule has 1 aliphatic carbocycles. The van der Waals surface area contributed by atoms with Crippen molar-refractivity contribution in [3.63, 3.8) is 0 Å². The van der Waals surface area contributed by atoms with Gasteiger partial charge in [-0.3, -0.25) is 18.6 Å². The number of rotatable bonds is 10. The molecule has 282 valence electrons. The van der Waals surface area contributed by atoms with Crippen molar-refractivity contribution >= 4 is 33.6 Å². The molecule has 2 N–H and O–H groups in total. The van der Waals surface area contributed by atoms with Gasteiger partial charge in [-0.15, -0.1) is 10.2 Å². The van der Waals surface area contributed by atoms with Crippen LogP contribution in [-0.2, 0) is 26.3 Å². The van der Waals surface area contributed by atoms with E-state index in [9.17, 15) is 13.2 Å². The van der Waals surface area contributed by atoms with Crippen LogP contribution in [0, 0.1) is 0 Å². The van der Waals surface area contributed by atoms with Crippen LogP contribution >= 0.6 is 0 Å². The summed E-state index contributed by atoms with van der Waals surface area (Å²) in [7, 11) is -3.56. The summed E-state index contributed by atoms with van der Waals surface area (Å²) in [5.41, 5.74) is 3.90. The van der Waals surface area contributed by atoms with E-state index in [1.165, 1.54) is 6.42 Å². The van der Waals surface area contributed by atoms with Gasteiger partial charge >= 0.3 is 6.03 Å². The third kappa shape index (κ3) is 8.03. The first-order valence-corrected chi connectivity index (χ1v) is 20.0. The lowest BCUT2D eigenvalue weighted by molar-refractivity contribution is 0.171. The number of aromatic nitrogens is 7. The van der Waals surface area contributed by atoms with Crippen LogP contribution in [0.1, 0.15) is 95.7 Å². The normalized spacial score (nSPS) is 20.7. The third-order valence-corrected chi connectivity index (χ3v) is 10.6. The number of carbonyl (C=O) groups is 1. The van der Waals surface area contributed by atoms with Gasteiger partial charge in [-0.05, 0) is 69.2 Å². The van der Waals surface area contributed by atoms with E-state index in [2.05, 4.69) is 50.7 Å². The van der Waals surface area contributed by atoms with E-state index in [1.807, 2.05) is 67.8 Å². The van der Waals surface area contributed by atoms with Crippen molar-refractivity contribution in [2.24, 2.45) is 0 Å². The monoisotopic (exact) mass is 744 g/mol. The molecule has 16 heteroatoms. The molecule has 4 aromatic heterocycles. The first-order chi connectivity index (χ1) is 25.2. The number of anilines is 2. The van der Waals surface area contributed by atoms with Crippen molar-refractivity contribution < 1.29 is 22.1 Å². The molecule has 0 spiro atoms. The summed E-state index contributed by atoms with van der Waals surface area (Å²) in [6.45, 7) is 10.8. The summed E-state index contributed by atoms with van der Waals surface area (Å²) in [6.07, 6.45) is 11.0. The average molecular weight is 745 g/mol. The minimum Gasteiger partial charge on any atom is -0.484 e. The van der Waals surface area contributed by atoms with Crippen LogP contribution < -0.4 is 20.3 Å². The number of pyridine rings is 1. The zero-order valence-corrected chi connectivity index (χ0v) is 31.9. The lowest BCUT2D eigenvalue weighted by atomic mass is 9.85. The summed E-state index contributed by atoms with van der Waals surface area (Å²) in [5, 5.41) is 24.3. The fourth-order valence-corrected chi connectivity index (χ4v) is 7.70. The van der Waals surface area contributed by atoms with Crippen LogP contribution in [0.25, 0.3) is 11.3 Å². The molecule has 4 unspecified atom stereocenters. The Labute approximate surface area is 309 Å². The first-order valence-electron chi connectivity index (χ1n) is 18.2. The minimum atomic E-state index is -3.56. The van der Waals surface area contributed by atoms with Crippen molar-refractivity contribution in [2.45, 2.75) is 103 Å². The van der Waals surface area contributed by atoms with Gasteiger partial charge in [0.2, 0.25) is 5.95 Å². The van der Waals surface area contributed by atoms with E-state index in [4.69, 9.17) is 14.0 Å². The van der Waals surface area contributed by atoms with Crippen molar-refractivity contribution in [1.82, 2.24) is 39.5 Å². The summed E-state index contributed by atoms with van der Waals surface area (Å²) < 4.78 is 39.5. The van der Waals surface area contributed by atoms with Crippen LogP contribution in [0.15, 0.2) is 61.1 Å². The molecule has 2 aliphatic rings.